The fraction of sp³-hybridized carbons (Fsp3) is 0.308. The number of rotatable bonds is 8. The first-order valence-corrected chi connectivity index (χ1v) is 6.57. The lowest BCUT2D eigenvalue weighted by atomic mass is 10.1. The summed E-state index contributed by atoms with van der Waals surface area (Å²) in [5.74, 6) is -1.21. The highest BCUT2D eigenvalue weighted by atomic mass is 32.1. The molecule has 114 valence electrons. The van der Waals surface area contributed by atoms with Crippen LogP contribution >= 0.6 is 12.2 Å². The summed E-state index contributed by atoms with van der Waals surface area (Å²) < 4.78 is 0. The van der Waals surface area contributed by atoms with E-state index in [0.717, 1.165) is 0 Å². The van der Waals surface area contributed by atoms with Gasteiger partial charge in [0.25, 0.3) is 0 Å². The Morgan fingerprint density at radius 2 is 1.57 bits per heavy atom. The number of aliphatic hydroxyl groups is 1. The molecule has 1 rings (SSSR count). The molecule has 8 heteroatoms. The molecule has 0 aliphatic carbocycles. The van der Waals surface area contributed by atoms with Crippen LogP contribution in [0.3, 0.4) is 0 Å². The van der Waals surface area contributed by atoms with Gasteiger partial charge in [-0.15, -0.1) is 0 Å². The maximum Gasteiger partial charge on any atom is 0.231 e. The van der Waals surface area contributed by atoms with Crippen LogP contribution in [0.2, 0.25) is 0 Å². The molecule has 0 heterocycles. The number of thiocarbonyl (C=S) groups is 1. The van der Waals surface area contributed by atoms with Crippen LogP contribution in [0.4, 0.5) is 0 Å². The number of hydrogen-bond donors (Lipinski definition) is 4. The monoisotopic (exact) mass is 310 g/mol. The number of nitrogens with two attached hydrogens (primary N) is 3. The van der Waals surface area contributed by atoms with Crippen LogP contribution in [-0.2, 0) is 9.59 Å². The smallest absolute Gasteiger partial charge is 0.231 e. The topological polar surface area (TPSA) is 136 Å². The van der Waals surface area contributed by atoms with Crippen LogP contribution in [0.5, 0.6) is 0 Å². The van der Waals surface area contributed by atoms with Gasteiger partial charge in [-0.3, -0.25) is 14.5 Å². The molecule has 7 nitrogen and oxygen atoms in total. The van der Waals surface area contributed by atoms with Gasteiger partial charge in [-0.25, -0.2) is 0 Å². The molecule has 7 N–H and O–H groups in total. The highest BCUT2D eigenvalue weighted by Gasteiger charge is 2.17. The molecule has 0 saturated carbocycles. The molecule has 0 saturated heterocycles. The highest BCUT2D eigenvalue weighted by molar-refractivity contribution is 7.80. The molecule has 1 aromatic carbocycles. The van der Waals surface area contributed by atoms with Crippen molar-refractivity contribution in [1.82, 2.24) is 4.90 Å². The maximum atomic E-state index is 10.9. The van der Waals surface area contributed by atoms with E-state index in [4.69, 9.17) is 29.4 Å². The molecule has 1 atom stereocenters. The highest BCUT2D eigenvalue weighted by Crippen LogP contribution is 2.15. The van der Waals surface area contributed by atoms with Crippen molar-refractivity contribution in [2.24, 2.45) is 17.2 Å². The second-order valence-electron chi connectivity index (χ2n) is 4.60. The summed E-state index contributed by atoms with van der Waals surface area (Å²) in [6.45, 7) is -0.270. The number of carbonyl (C=O) groups is 2. The Hall–Kier alpha value is -2.03. The lowest BCUT2D eigenvalue weighted by Crippen LogP contribution is -2.41. The largest absolute Gasteiger partial charge is 0.389 e. The molecule has 1 unspecified atom stereocenters. The summed E-state index contributed by atoms with van der Waals surface area (Å²) in [6.07, 6.45) is -0.899. The van der Waals surface area contributed by atoms with E-state index in [-0.39, 0.29) is 24.6 Å². The first-order valence-electron chi connectivity index (χ1n) is 6.16. The third kappa shape index (κ3) is 5.86. The van der Waals surface area contributed by atoms with Gasteiger partial charge >= 0.3 is 0 Å². The van der Waals surface area contributed by atoms with Crippen LogP contribution in [0.25, 0.3) is 0 Å². The Bertz CT molecular complexity index is 517. The molecule has 1 aromatic rings. The van der Waals surface area contributed by atoms with E-state index in [1.807, 2.05) is 0 Å². The summed E-state index contributed by atoms with van der Waals surface area (Å²) in [7, 11) is 0. The summed E-state index contributed by atoms with van der Waals surface area (Å²) in [5.41, 5.74) is 17.0. The minimum Gasteiger partial charge on any atom is -0.389 e. The number of hydrogen-bond acceptors (Lipinski definition) is 5. The third-order valence-electron chi connectivity index (χ3n) is 2.77. The molecule has 0 aliphatic rings. The Balaban J connectivity index is 2.75. The van der Waals surface area contributed by atoms with E-state index in [2.05, 4.69) is 0 Å². The predicted molar refractivity (Wildman–Crippen MR) is 82.1 cm³/mol. The van der Waals surface area contributed by atoms with Crippen LogP contribution in [0.15, 0.2) is 24.3 Å². The van der Waals surface area contributed by atoms with Gasteiger partial charge in [-0.1, -0.05) is 36.5 Å². The van der Waals surface area contributed by atoms with Crippen molar-refractivity contribution >= 4 is 29.0 Å². The second-order valence-corrected chi connectivity index (χ2v) is 5.04. The minimum atomic E-state index is -0.899. The number of aliphatic hydroxyl groups excluding tert-OH is 1. The van der Waals surface area contributed by atoms with Crippen molar-refractivity contribution in [3.05, 3.63) is 35.4 Å². The third-order valence-corrected chi connectivity index (χ3v) is 3.01. The molecule has 0 spiro atoms. The van der Waals surface area contributed by atoms with Crippen LogP contribution in [0.1, 0.15) is 17.2 Å². The summed E-state index contributed by atoms with van der Waals surface area (Å²) in [4.78, 5) is 23.5. The van der Waals surface area contributed by atoms with E-state index in [0.29, 0.717) is 11.1 Å². The number of carbonyl (C=O) groups excluding carboxylic acids is 2. The molecule has 21 heavy (non-hydrogen) atoms. The zero-order valence-corrected chi connectivity index (χ0v) is 12.2. The Morgan fingerprint density at radius 1 is 1.10 bits per heavy atom. The Morgan fingerprint density at radius 3 is 1.95 bits per heavy atom. The van der Waals surface area contributed by atoms with Gasteiger partial charge < -0.3 is 22.3 Å². The number of primary amides is 2. The van der Waals surface area contributed by atoms with Crippen LogP contribution in [-0.4, -0.2) is 46.4 Å². The zero-order chi connectivity index (χ0) is 16.0. The minimum absolute atomic E-state index is 0.0539. The van der Waals surface area contributed by atoms with E-state index in [9.17, 15) is 14.7 Å². The number of benzene rings is 1. The molecule has 0 aromatic heterocycles. The lowest BCUT2D eigenvalue weighted by molar-refractivity contribution is -0.122. The fourth-order valence-corrected chi connectivity index (χ4v) is 1.98. The first-order chi connectivity index (χ1) is 9.79. The lowest BCUT2D eigenvalue weighted by Gasteiger charge is -2.22. The number of amides is 2. The second kappa shape index (κ2) is 7.67. The summed E-state index contributed by atoms with van der Waals surface area (Å²) in [6, 6.07) is 6.72. The van der Waals surface area contributed by atoms with Gasteiger partial charge in [0.05, 0.1) is 19.2 Å². The zero-order valence-electron chi connectivity index (χ0n) is 11.4. The van der Waals surface area contributed by atoms with Crippen LogP contribution < -0.4 is 17.2 Å². The molecule has 0 aliphatic heterocycles. The number of nitrogens with zero attached hydrogens (tertiary/aromatic N) is 1. The van der Waals surface area contributed by atoms with Crippen molar-refractivity contribution in [2.75, 3.05) is 19.6 Å². The van der Waals surface area contributed by atoms with E-state index in [1.165, 1.54) is 4.90 Å². The van der Waals surface area contributed by atoms with Crippen molar-refractivity contribution in [3.63, 3.8) is 0 Å². The molecule has 0 fully saturated rings. The van der Waals surface area contributed by atoms with E-state index in [1.54, 1.807) is 24.3 Å². The molecular formula is C13H18N4O3S. The molecular weight excluding hydrogens is 292 g/mol. The first kappa shape index (κ1) is 17.0. The van der Waals surface area contributed by atoms with Gasteiger partial charge in [0.2, 0.25) is 11.8 Å². The fourth-order valence-electron chi connectivity index (χ4n) is 1.85. The Kier molecular flexibility index (Phi) is 6.22. The van der Waals surface area contributed by atoms with Gasteiger partial charge in [0.1, 0.15) is 4.99 Å². The quantitative estimate of drug-likeness (QED) is 0.437. The average molecular weight is 310 g/mol. The normalized spacial score (nSPS) is 12.1. The summed E-state index contributed by atoms with van der Waals surface area (Å²) in [5, 5.41) is 10.1. The van der Waals surface area contributed by atoms with Gasteiger partial charge in [-0.2, -0.15) is 0 Å². The average Bonchev–Trinajstić information content (AvgIpc) is 2.37. The van der Waals surface area contributed by atoms with Crippen molar-refractivity contribution < 1.29 is 14.7 Å². The van der Waals surface area contributed by atoms with E-state index < -0.39 is 17.9 Å². The van der Waals surface area contributed by atoms with Gasteiger partial charge in [0, 0.05) is 12.1 Å². The van der Waals surface area contributed by atoms with Crippen molar-refractivity contribution in [3.8, 4) is 0 Å². The molecule has 0 radical (unpaired) electrons. The Labute approximate surface area is 127 Å². The maximum absolute atomic E-state index is 10.9. The molecule has 0 bridgehead atoms. The standard InChI is InChI=1S/C13H18N4O3S/c14-11(19)6-17(7-12(15)20)5-10(18)8-1-3-9(4-2-8)13(16)21/h1-4,10,18H,5-7H2,(H2,14,19)(H2,15,20)(H2,16,21). The van der Waals surface area contributed by atoms with Crippen LogP contribution in [0, 0.1) is 0 Å². The van der Waals surface area contributed by atoms with Gasteiger partial charge in [-0.05, 0) is 5.56 Å². The van der Waals surface area contributed by atoms with Gasteiger partial charge in [0.15, 0.2) is 0 Å². The SMILES string of the molecule is NC(=O)CN(CC(N)=O)CC(O)c1ccc(C(N)=S)cc1. The summed E-state index contributed by atoms with van der Waals surface area (Å²) >= 11 is 4.84. The molecule has 2 amide bonds. The van der Waals surface area contributed by atoms with E-state index >= 15 is 0 Å². The van der Waals surface area contributed by atoms with Crippen molar-refractivity contribution in [2.45, 2.75) is 6.10 Å². The van der Waals surface area contributed by atoms with Crippen molar-refractivity contribution in [1.29, 1.82) is 0 Å². The predicted octanol–water partition coefficient (Wildman–Crippen LogP) is -1.37.